The summed E-state index contributed by atoms with van der Waals surface area (Å²) in [5.41, 5.74) is 1.17. The number of carbonyl (C=O) groups is 1. The molecule has 0 aromatic heterocycles. The van der Waals surface area contributed by atoms with Crippen molar-refractivity contribution in [3.05, 3.63) is 29.8 Å². The van der Waals surface area contributed by atoms with E-state index in [2.05, 4.69) is 6.92 Å². The van der Waals surface area contributed by atoms with E-state index >= 15 is 0 Å². The molecule has 2 atom stereocenters. The van der Waals surface area contributed by atoms with Crippen molar-refractivity contribution in [2.24, 2.45) is 5.92 Å². The molecular weight excluding hydrogens is 204 g/mol. The van der Waals surface area contributed by atoms with E-state index in [9.17, 15) is 4.79 Å². The molecule has 1 aromatic carbocycles. The summed E-state index contributed by atoms with van der Waals surface area (Å²) >= 11 is 0. The van der Waals surface area contributed by atoms with Gasteiger partial charge in [0.25, 0.3) is 0 Å². The van der Waals surface area contributed by atoms with Crippen LogP contribution in [0.5, 0.6) is 5.75 Å². The lowest BCUT2D eigenvalue weighted by Crippen LogP contribution is -2.16. The van der Waals surface area contributed by atoms with Crippen LogP contribution in [0.4, 0.5) is 0 Å². The third-order valence-electron chi connectivity index (χ3n) is 3.00. The lowest BCUT2D eigenvalue weighted by molar-refractivity contribution is -0.141. The van der Waals surface area contributed by atoms with Crippen molar-refractivity contribution < 1.29 is 14.3 Å². The van der Waals surface area contributed by atoms with E-state index in [1.807, 2.05) is 24.3 Å². The van der Waals surface area contributed by atoms with Crippen molar-refractivity contribution in [2.75, 3.05) is 7.11 Å². The molecule has 0 aliphatic carbocycles. The molecule has 1 aromatic rings. The van der Waals surface area contributed by atoms with Gasteiger partial charge < -0.3 is 9.47 Å². The molecule has 0 bridgehead atoms. The summed E-state index contributed by atoms with van der Waals surface area (Å²) in [6.07, 6.45) is 1.36. The summed E-state index contributed by atoms with van der Waals surface area (Å²) in [6.45, 7) is 2.05. The van der Waals surface area contributed by atoms with Gasteiger partial charge in [-0.25, -0.2) is 0 Å². The van der Waals surface area contributed by atoms with Crippen molar-refractivity contribution in [1.82, 2.24) is 0 Å². The number of carbonyl (C=O) groups excluding carboxylic acids is 1. The molecule has 16 heavy (non-hydrogen) atoms. The van der Waals surface area contributed by atoms with Gasteiger partial charge >= 0.3 is 5.97 Å². The maximum atomic E-state index is 11.1. The van der Waals surface area contributed by atoms with Gasteiger partial charge in [0, 0.05) is 12.3 Å². The monoisotopic (exact) mass is 220 g/mol. The molecule has 1 fully saturated rings. The zero-order valence-electron chi connectivity index (χ0n) is 9.60. The van der Waals surface area contributed by atoms with Gasteiger partial charge in [0.05, 0.1) is 13.5 Å². The van der Waals surface area contributed by atoms with Gasteiger partial charge in [-0.1, -0.05) is 19.1 Å². The molecule has 2 rings (SSSR count). The van der Waals surface area contributed by atoms with Gasteiger partial charge in [-0.2, -0.15) is 0 Å². The van der Waals surface area contributed by atoms with Crippen LogP contribution in [0, 0.1) is 5.92 Å². The average Bonchev–Trinajstić information content (AvgIpc) is 2.59. The average molecular weight is 220 g/mol. The van der Waals surface area contributed by atoms with Crippen molar-refractivity contribution in [2.45, 2.75) is 25.9 Å². The second-order valence-corrected chi connectivity index (χ2v) is 4.26. The Morgan fingerprint density at radius 1 is 1.38 bits per heavy atom. The lowest BCUT2D eigenvalue weighted by Gasteiger charge is -2.13. The first-order valence-electron chi connectivity index (χ1n) is 5.51. The van der Waals surface area contributed by atoms with Crippen LogP contribution in [0.15, 0.2) is 24.3 Å². The maximum absolute atomic E-state index is 11.1. The summed E-state index contributed by atoms with van der Waals surface area (Å²) in [6, 6.07) is 7.88. The van der Waals surface area contributed by atoms with Crippen LogP contribution in [0.1, 0.15) is 18.9 Å². The first-order chi connectivity index (χ1) is 7.69. The zero-order valence-corrected chi connectivity index (χ0v) is 9.60. The van der Waals surface area contributed by atoms with Crippen LogP contribution in [0.25, 0.3) is 0 Å². The second kappa shape index (κ2) is 4.56. The second-order valence-electron chi connectivity index (χ2n) is 4.26. The Labute approximate surface area is 95.4 Å². The first kappa shape index (κ1) is 11.0. The quantitative estimate of drug-likeness (QED) is 0.732. The number of esters is 1. The fraction of sp³-hybridized carbons (Fsp3) is 0.462. The van der Waals surface area contributed by atoms with Gasteiger partial charge in [0.1, 0.15) is 11.9 Å². The van der Waals surface area contributed by atoms with E-state index in [4.69, 9.17) is 9.47 Å². The van der Waals surface area contributed by atoms with E-state index in [1.54, 1.807) is 7.11 Å². The topological polar surface area (TPSA) is 35.5 Å². The number of hydrogen-bond acceptors (Lipinski definition) is 3. The molecule has 3 heteroatoms. The summed E-state index contributed by atoms with van der Waals surface area (Å²) in [5.74, 6) is 1.08. The van der Waals surface area contributed by atoms with Crippen molar-refractivity contribution >= 4 is 5.97 Å². The fourth-order valence-electron chi connectivity index (χ4n) is 1.96. The van der Waals surface area contributed by atoms with Gasteiger partial charge in [0.2, 0.25) is 0 Å². The van der Waals surface area contributed by atoms with Crippen LogP contribution >= 0.6 is 0 Å². The third-order valence-corrected chi connectivity index (χ3v) is 3.00. The number of cyclic esters (lactones) is 1. The van der Waals surface area contributed by atoms with Crippen molar-refractivity contribution in [1.29, 1.82) is 0 Å². The molecule has 0 spiro atoms. The maximum Gasteiger partial charge on any atom is 0.306 e. The number of benzene rings is 1. The van der Waals surface area contributed by atoms with Crippen LogP contribution < -0.4 is 4.74 Å². The highest BCUT2D eigenvalue weighted by Gasteiger charge is 2.31. The smallest absolute Gasteiger partial charge is 0.306 e. The molecular formula is C13H16O3. The van der Waals surface area contributed by atoms with Gasteiger partial charge in [0.15, 0.2) is 0 Å². The molecule has 0 amide bonds. The summed E-state index contributed by atoms with van der Waals surface area (Å²) < 4.78 is 10.4. The highest BCUT2D eigenvalue weighted by molar-refractivity contribution is 5.72. The normalized spacial score (nSPS) is 24.2. The summed E-state index contributed by atoms with van der Waals surface area (Å²) in [7, 11) is 1.65. The Morgan fingerprint density at radius 3 is 2.56 bits per heavy atom. The Balaban J connectivity index is 2.00. The van der Waals surface area contributed by atoms with E-state index < -0.39 is 0 Å². The Kier molecular flexibility index (Phi) is 3.13. The summed E-state index contributed by atoms with van der Waals surface area (Å²) in [4.78, 5) is 11.1. The molecule has 0 N–H and O–H groups in total. The van der Waals surface area contributed by atoms with Crippen molar-refractivity contribution in [3.63, 3.8) is 0 Å². The molecule has 1 saturated heterocycles. The molecule has 1 heterocycles. The molecule has 0 radical (unpaired) electrons. The van der Waals surface area contributed by atoms with Gasteiger partial charge in [-0.05, 0) is 17.7 Å². The van der Waals surface area contributed by atoms with Gasteiger partial charge in [-0.3, -0.25) is 4.79 Å². The van der Waals surface area contributed by atoms with Crippen LogP contribution in [0.2, 0.25) is 0 Å². The molecule has 86 valence electrons. The predicted molar refractivity (Wildman–Crippen MR) is 60.4 cm³/mol. The minimum Gasteiger partial charge on any atom is -0.497 e. The molecule has 1 aliphatic rings. The Hall–Kier alpha value is -1.51. The predicted octanol–water partition coefficient (Wildman–Crippen LogP) is 2.19. The number of rotatable bonds is 3. The molecule has 0 unspecified atom stereocenters. The minimum atomic E-state index is -0.0778. The molecule has 1 aliphatic heterocycles. The molecule has 3 nitrogen and oxygen atoms in total. The SMILES string of the molecule is COc1ccc(C[C@@H]2OC(=O)C[C@@H]2C)cc1. The highest BCUT2D eigenvalue weighted by Crippen LogP contribution is 2.25. The van der Waals surface area contributed by atoms with Crippen molar-refractivity contribution in [3.8, 4) is 5.75 Å². The summed E-state index contributed by atoms with van der Waals surface area (Å²) in [5, 5.41) is 0. The van der Waals surface area contributed by atoms with E-state index in [0.717, 1.165) is 12.2 Å². The van der Waals surface area contributed by atoms with E-state index in [1.165, 1.54) is 5.56 Å². The van der Waals surface area contributed by atoms with Gasteiger partial charge in [-0.15, -0.1) is 0 Å². The lowest BCUT2D eigenvalue weighted by atomic mass is 9.97. The minimum absolute atomic E-state index is 0.0286. The number of hydrogen-bond donors (Lipinski definition) is 0. The standard InChI is InChI=1S/C13H16O3/c1-9-7-13(14)16-12(9)8-10-3-5-11(15-2)6-4-10/h3-6,9,12H,7-8H2,1-2H3/t9-,12-/m0/s1. The number of ether oxygens (including phenoxy) is 2. The fourth-order valence-corrected chi connectivity index (χ4v) is 1.96. The van der Waals surface area contributed by atoms with Crippen LogP contribution in [-0.2, 0) is 16.0 Å². The van der Waals surface area contributed by atoms with Crippen LogP contribution in [-0.4, -0.2) is 19.2 Å². The first-order valence-corrected chi connectivity index (χ1v) is 5.51. The third kappa shape index (κ3) is 2.35. The highest BCUT2D eigenvalue weighted by atomic mass is 16.5. The van der Waals surface area contributed by atoms with E-state index in [0.29, 0.717) is 12.3 Å². The van der Waals surface area contributed by atoms with Crippen LogP contribution in [0.3, 0.4) is 0 Å². The molecule has 0 saturated carbocycles. The largest absolute Gasteiger partial charge is 0.497 e. The van der Waals surface area contributed by atoms with E-state index in [-0.39, 0.29) is 12.1 Å². The zero-order chi connectivity index (χ0) is 11.5. The Bertz CT molecular complexity index is 369. The Morgan fingerprint density at radius 2 is 2.06 bits per heavy atom. The number of methoxy groups -OCH3 is 1.